The molecule has 98 valence electrons. The number of amides is 1. The first-order chi connectivity index (χ1) is 9.36. The van der Waals surface area contributed by atoms with Crippen LogP contribution in [-0.4, -0.2) is 42.1 Å². The zero-order chi connectivity index (χ0) is 13.1. The van der Waals surface area contributed by atoms with Crippen LogP contribution in [0.4, 0.5) is 0 Å². The van der Waals surface area contributed by atoms with Crippen molar-refractivity contribution in [2.75, 3.05) is 26.3 Å². The van der Waals surface area contributed by atoms with Crippen molar-refractivity contribution < 1.29 is 13.9 Å². The largest absolute Gasteiger partial charge is 0.443 e. The van der Waals surface area contributed by atoms with Gasteiger partial charge in [-0.05, 0) is 0 Å². The first-order valence-corrected chi connectivity index (χ1v) is 6.22. The second-order valence-corrected chi connectivity index (χ2v) is 4.30. The van der Waals surface area contributed by atoms with Crippen LogP contribution in [0.15, 0.2) is 41.1 Å². The van der Waals surface area contributed by atoms with E-state index in [1.807, 2.05) is 30.3 Å². The quantitative estimate of drug-likeness (QED) is 0.824. The molecule has 0 atom stereocenters. The van der Waals surface area contributed by atoms with Gasteiger partial charge in [-0.1, -0.05) is 30.3 Å². The maximum atomic E-state index is 12.4. The molecule has 0 aliphatic carbocycles. The van der Waals surface area contributed by atoms with Crippen LogP contribution in [0.25, 0.3) is 11.3 Å². The second-order valence-electron chi connectivity index (χ2n) is 4.30. The third-order valence-corrected chi connectivity index (χ3v) is 3.10. The highest BCUT2D eigenvalue weighted by Gasteiger charge is 2.24. The molecule has 2 aromatic rings. The van der Waals surface area contributed by atoms with Crippen molar-refractivity contribution in [3.05, 3.63) is 42.4 Å². The highest BCUT2D eigenvalue weighted by atomic mass is 16.5. The maximum Gasteiger partial charge on any atom is 0.276 e. The standard InChI is InChI=1S/C14H14N2O3/c17-14(16-6-8-18-9-7-16)12-13(19-10-15-12)11-4-2-1-3-5-11/h1-5,10H,6-9H2. The van der Waals surface area contributed by atoms with Crippen molar-refractivity contribution in [2.24, 2.45) is 0 Å². The van der Waals surface area contributed by atoms with E-state index in [-0.39, 0.29) is 5.91 Å². The number of ether oxygens (including phenoxy) is 1. The normalized spacial score (nSPS) is 15.5. The van der Waals surface area contributed by atoms with E-state index in [2.05, 4.69) is 4.98 Å². The van der Waals surface area contributed by atoms with Gasteiger partial charge in [-0.3, -0.25) is 4.79 Å². The Morgan fingerprint density at radius 3 is 2.63 bits per heavy atom. The molecule has 0 N–H and O–H groups in total. The second kappa shape index (κ2) is 5.24. The van der Waals surface area contributed by atoms with Crippen LogP contribution in [0.1, 0.15) is 10.5 Å². The molecule has 19 heavy (non-hydrogen) atoms. The average molecular weight is 258 g/mol. The van der Waals surface area contributed by atoms with Gasteiger partial charge < -0.3 is 14.1 Å². The summed E-state index contributed by atoms with van der Waals surface area (Å²) in [6.45, 7) is 2.34. The number of carbonyl (C=O) groups excluding carboxylic acids is 1. The summed E-state index contributed by atoms with van der Waals surface area (Å²) in [6, 6.07) is 9.53. The molecule has 1 aromatic carbocycles. The lowest BCUT2D eigenvalue weighted by atomic mass is 10.1. The van der Waals surface area contributed by atoms with Gasteiger partial charge in [0.25, 0.3) is 5.91 Å². The molecule has 5 nitrogen and oxygen atoms in total. The number of aromatic nitrogens is 1. The van der Waals surface area contributed by atoms with Crippen molar-refractivity contribution >= 4 is 5.91 Å². The molecule has 3 rings (SSSR count). The average Bonchev–Trinajstić information content (AvgIpc) is 2.98. The van der Waals surface area contributed by atoms with E-state index in [1.54, 1.807) is 4.90 Å². The summed E-state index contributed by atoms with van der Waals surface area (Å²) in [6.07, 6.45) is 1.32. The van der Waals surface area contributed by atoms with Crippen LogP contribution in [0.5, 0.6) is 0 Å². The number of morpholine rings is 1. The van der Waals surface area contributed by atoms with Gasteiger partial charge in [-0.15, -0.1) is 0 Å². The molecule has 2 heterocycles. The third kappa shape index (κ3) is 2.37. The van der Waals surface area contributed by atoms with Gasteiger partial charge in [0, 0.05) is 18.7 Å². The van der Waals surface area contributed by atoms with Crippen LogP contribution < -0.4 is 0 Å². The molecule has 1 saturated heterocycles. The van der Waals surface area contributed by atoms with Crippen LogP contribution in [-0.2, 0) is 4.74 Å². The fourth-order valence-electron chi connectivity index (χ4n) is 2.11. The van der Waals surface area contributed by atoms with Gasteiger partial charge in [0.05, 0.1) is 13.2 Å². The van der Waals surface area contributed by atoms with Gasteiger partial charge in [0.1, 0.15) is 0 Å². The minimum atomic E-state index is -0.101. The molecule has 5 heteroatoms. The molecule has 1 aliphatic heterocycles. The monoisotopic (exact) mass is 258 g/mol. The van der Waals surface area contributed by atoms with Crippen molar-refractivity contribution in [2.45, 2.75) is 0 Å². The Morgan fingerprint density at radius 1 is 1.16 bits per heavy atom. The number of hydrogen-bond acceptors (Lipinski definition) is 4. The zero-order valence-electron chi connectivity index (χ0n) is 10.4. The third-order valence-electron chi connectivity index (χ3n) is 3.10. The highest BCUT2D eigenvalue weighted by Crippen LogP contribution is 2.23. The van der Waals surface area contributed by atoms with E-state index in [1.165, 1.54) is 6.39 Å². The molecular formula is C14H14N2O3. The van der Waals surface area contributed by atoms with Crippen LogP contribution >= 0.6 is 0 Å². The fraction of sp³-hybridized carbons (Fsp3) is 0.286. The summed E-state index contributed by atoms with van der Waals surface area (Å²) < 4.78 is 10.6. The summed E-state index contributed by atoms with van der Waals surface area (Å²) >= 11 is 0. The van der Waals surface area contributed by atoms with Gasteiger partial charge >= 0.3 is 0 Å². The first kappa shape index (κ1) is 11.9. The molecule has 0 saturated carbocycles. The summed E-state index contributed by atoms with van der Waals surface area (Å²) in [5.41, 5.74) is 1.23. The van der Waals surface area contributed by atoms with Crippen LogP contribution in [0.3, 0.4) is 0 Å². The van der Waals surface area contributed by atoms with Crippen molar-refractivity contribution in [1.29, 1.82) is 0 Å². The molecule has 0 spiro atoms. The van der Waals surface area contributed by atoms with E-state index in [4.69, 9.17) is 9.15 Å². The van der Waals surface area contributed by atoms with Crippen molar-refractivity contribution in [3.63, 3.8) is 0 Å². The molecule has 1 amide bonds. The van der Waals surface area contributed by atoms with E-state index in [9.17, 15) is 4.79 Å². The Bertz CT molecular complexity index is 559. The van der Waals surface area contributed by atoms with E-state index in [0.717, 1.165) is 5.56 Å². The van der Waals surface area contributed by atoms with Crippen LogP contribution in [0, 0.1) is 0 Å². The van der Waals surface area contributed by atoms with E-state index >= 15 is 0 Å². The maximum absolute atomic E-state index is 12.4. The minimum Gasteiger partial charge on any atom is -0.443 e. The van der Waals surface area contributed by atoms with Gasteiger partial charge in [-0.25, -0.2) is 4.98 Å². The highest BCUT2D eigenvalue weighted by molar-refractivity contribution is 5.97. The predicted octanol–water partition coefficient (Wildman–Crippen LogP) is 1.81. The van der Waals surface area contributed by atoms with E-state index < -0.39 is 0 Å². The van der Waals surface area contributed by atoms with Gasteiger partial charge in [0.2, 0.25) is 0 Å². The zero-order valence-corrected chi connectivity index (χ0v) is 10.4. The Hall–Kier alpha value is -2.14. The SMILES string of the molecule is O=C(c1ncoc1-c1ccccc1)N1CCOCC1. The molecule has 0 radical (unpaired) electrons. The molecular weight excluding hydrogens is 244 g/mol. The lowest BCUT2D eigenvalue weighted by Gasteiger charge is -2.26. The Kier molecular flexibility index (Phi) is 3.29. The predicted molar refractivity (Wildman–Crippen MR) is 68.7 cm³/mol. The topological polar surface area (TPSA) is 55.6 Å². The summed E-state index contributed by atoms with van der Waals surface area (Å²) in [7, 11) is 0. The Morgan fingerprint density at radius 2 is 1.89 bits per heavy atom. The first-order valence-electron chi connectivity index (χ1n) is 6.22. The molecule has 1 aromatic heterocycles. The number of rotatable bonds is 2. The van der Waals surface area contributed by atoms with Crippen LogP contribution in [0.2, 0.25) is 0 Å². The lowest BCUT2D eigenvalue weighted by molar-refractivity contribution is 0.0299. The fourth-order valence-corrected chi connectivity index (χ4v) is 2.11. The van der Waals surface area contributed by atoms with Crippen molar-refractivity contribution in [3.8, 4) is 11.3 Å². The Labute approximate surface area is 110 Å². The molecule has 0 bridgehead atoms. The smallest absolute Gasteiger partial charge is 0.276 e. The lowest BCUT2D eigenvalue weighted by Crippen LogP contribution is -2.41. The number of hydrogen-bond donors (Lipinski definition) is 0. The molecule has 1 fully saturated rings. The Balaban J connectivity index is 1.89. The molecule has 0 unspecified atom stereocenters. The number of benzene rings is 1. The summed E-state index contributed by atoms with van der Waals surface area (Å²) in [4.78, 5) is 18.2. The summed E-state index contributed by atoms with van der Waals surface area (Å²) in [5, 5.41) is 0. The van der Waals surface area contributed by atoms with E-state index in [0.29, 0.717) is 37.8 Å². The number of nitrogens with zero attached hydrogens (tertiary/aromatic N) is 2. The summed E-state index contributed by atoms with van der Waals surface area (Å²) in [5.74, 6) is 0.424. The van der Waals surface area contributed by atoms with Gasteiger partial charge in [-0.2, -0.15) is 0 Å². The van der Waals surface area contributed by atoms with Gasteiger partial charge in [0.15, 0.2) is 17.8 Å². The van der Waals surface area contributed by atoms with Crippen molar-refractivity contribution in [1.82, 2.24) is 9.88 Å². The number of oxazole rings is 1. The number of carbonyl (C=O) groups is 1. The molecule has 1 aliphatic rings. The minimum absolute atomic E-state index is 0.101.